The van der Waals surface area contributed by atoms with E-state index in [0.29, 0.717) is 45.9 Å². The Labute approximate surface area is 174 Å². The molecule has 0 saturated carbocycles. The third-order valence-corrected chi connectivity index (χ3v) is 4.60. The monoisotopic (exact) mass is 414 g/mol. The Balaban J connectivity index is 1.94. The van der Waals surface area contributed by atoms with Crippen LogP contribution in [0.1, 0.15) is 12.5 Å². The van der Waals surface area contributed by atoms with Crippen LogP contribution in [0.2, 0.25) is 0 Å². The summed E-state index contributed by atoms with van der Waals surface area (Å²) < 4.78 is 21.6. The molecule has 8 heteroatoms. The molecular weight excluding hydrogens is 392 g/mol. The van der Waals surface area contributed by atoms with Crippen LogP contribution < -0.4 is 29.2 Å². The molecule has 2 aromatic rings. The van der Waals surface area contributed by atoms with E-state index in [2.05, 4.69) is 5.32 Å². The third kappa shape index (κ3) is 3.97. The second-order valence-electron chi connectivity index (χ2n) is 5.98. The maximum atomic E-state index is 13.0. The van der Waals surface area contributed by atoms with E-state index in [-0.39, 0.29) is 5.91 Å². The molecule has 3 rings (SSSR count). The van der Waals surface area contributed by atoms with Gasteiger partial charge in [0.25, 0.3) is 5.91 Å². The standard InChI is InChI=1S/C21H22N2O5S/c1-5-28-15-9-7-14(8-10-15)23-20(24)16(22-21(23)29)12-13-6-11-17(25-2)19(27-4)18(13)26-3/h6-12H,5H2,1-4H3,(H,22,29)/b16-12+. The quantitative estimate of drug-likeness (QED) is 0.550. The van der Waals surface area contributed by atoms with Gasteiger partial charge in [-0.1, -0.05) is 0 Å². The highest BCUT2D eigenvalue weighted by atomic mass is 32.1. The van der Waals surface area contributed by atoms with Crippen LogP contribution in [0.3, 0.4) is 0 Å². The Morgan fingerprint density at radius 3 is 2.28 bits per heavy atom. The number of rotatable bonds is 7. The van der Waals surface area contributed by atoms with Gasteiger partial charge in [0.1, 0.15) is 11.4 Å². The molecule has 1 fully saturated rings. The lowest BCUT2D eigenvalue weighted by atomic mass is 10.1. The fourth-order valence-electron chi connectivity index (χ4n) is 3.02. The molecular formula is C21H22N2O5S. The Kier molecular flexibility index (Phi) is 6.23. The third-order valence-electron chi connectivity index (χ3n) is 4.32. The molecule has 7 nitrogen and oxygen atoms in total. The van der Waals surface area contributed by atoms with Gasteiger partial charge >= 0.3 is 0 Å². The number of methoxy groups -OCH3 is 3. The van der Waals surface area contributed by atoms with Gasteiger partial charge in [0.05, 0.1) is 33.6 Å². The van der Waals surface area contributed by atoms with E-state index in [1.165, 1.54) is 19.1 Å². The summed E-state index contributed by atoms with van der Waals surface area (Å²) in [5.74, 6) is 1.90. The normalized spacial score (nSPS) is 14.8. The van der Waals surface area contributed by atoms with Gasteiger partial charge in [0.15, 0.2) is 16.6 Å². The number of nitrogens with zero attached hydrogens (tertiary/aromatic N) is 1. The van der Waals surface area contributed by atoms with E-state index >= 15 is 0 Å². The van der Waals surface area contributed by atoms with Crippen molar-refractivity contribution in [2.24, 2.45) is 0 Å². The first kappa shape index (κ1) is 20.5. The van der Waals surface area contributed by atoms with Gasteiger partial charge in [-0.25, -0.2) is 0 Å². The van der Waals surface area contributed by atoms with Crippen molar-refractivity contribution in [1.29, 1.82) is 0 Å². The second kappa shape index (κ2) is 8.83. The molecule has 0 aliphatic carbocycles. The van der Waals surface area contributed by atoms with E-state index in [4.69, 9.17) is 31.2 Å². The van der Waals surface area contributed by atoms with Gasteiger partial charge in [0.2, 0.25) is 5.75 Å². The first-order chi connectivity index (χ1) is 14.0. The van der Waals surface area contributed by atoms with E-state index in [9.17, 15) is 4.79 Å². The highest BCUT2D eigenvalue weighted by Gasteiger charge is 2.32. The largest absolute Gasteiger partial charge is 0.494 e. The number of carbonyl (C=O) groups excluding carboxylic acids is 1. The maximum Gasteiger partial charge on any atom is 0.281 e. The number of hydrogen-bond donors (Lipinski definition) is 1. The van der Waals surface area contributed by atoms with Crippen molar-refractivity contribution in [2.75, 3.05) is 32.8 Å². The molecule has 0 bridgehead atoms. The van der Waals surface area contributed by atoms with Gasteiger partial charge in [-0.3, -0.25) is 9.69 Å². The zero-order valence-corrected chi connectivity index (χ0v) is 17.5. The van der Waals surface area contributed by atoms with Crippen LogP contribution in [0.25, 0.3) is 6.08 Å². The fraction of sp³-hybridized carbons (Fsp3) is 0.238. The minimum absolute atomic E-state index is 0.268. The summed E-state index contributed by atoms with van der Waals surface area (Å²) in [6, 6.07) is 10.7. The van der Waals surface area contributed by atoms with E-state index in [0.717, 1.165) is 5.75 Å². The predicted octanol–water partition coefficient (Wildman–Crippen LogP) is 3.37. The average Bonchev–Trinajstić information content (AvgIpc) is 3.01. The highest BCUT2D eigenvalue weighted by molar-refractivity contribution is 7.80. The minimum Gasteiger partial charge on any atom is -0.494 e. The lowest BCUT2D eigenvalue weighted by Gasteiger charge is -2.15. The molecule has 0 atom stereocenters. The lowest BCUT2D eigenvalue weighted by Crippen LogP contribution is -2.30. The van der Waals surface area contributed by atoms with Crippen LogP contribution in [0.15, 0.2) is 42.1 Å². The number of amides is 1. The summed E-state index contributed by atoms with van der Waals surface area (Å²) in [7, 11) is 4.60. The zero-order chi connectivity index (χ0) is 21.0. The number of thiocarbonyl (C=S) groups is 1. The second-order valence-corrected chi connectivity index (χ2v) is 6.37. The van der Waals surface area contributed by atoms with Crippen LogP contribution in [0.4, 0.5) is 5.69 Å². The van der Waals surface area contributed by atoms with E-state index in [1.54, 1.807) is 49.6 Å². The molecule has 1 heterocycles. The Hall–Kier alpha value is -3.26. The number of hydrogen-bond acceptors (Lipinski definition) is 6. The Morgan fingerprint density at radius 1 is 1.00 bits per heavy atom. The molecule has 29 heavy (non-hydrogen) atoms. The SMILES string of the molecule is CCOc1ccc(N2C(=O)/C(=C\c3ccc(OC)c(OC)c3OC)NC2=S)cc1. The first-order valence-corrected chi connectivity index (χ1v) is 9.33. The molecule has 2 aromatic carbocycles. The van der Waals surface area contributed by atoms with Crippen molar-refractivity contribution < 1.29 is 23.7 Å². The van der Waals surface area contributed by atoms with Gasteiger partial charge in [0, 0.05) is 5.56 Å². The number of nitrogens with one attached hydrogen (secondary N) is 1. The average molecular weight is 414 g/mol. The van der Waals surface area contributed by atoms with Crippen molar-refractivity contribution in [1.82, 2.24) is 5.32 Å². The van der Waals surface area contributed by atoms with Crippen LogP contribution >= 0.6 is 12.2 Å². The maximum absolute atomic E-state index is 13.0. The van der Waals surface area contributed by atoms with Crippen LogP contribution in [-0.2, 0) is 4.79 Å². The van der Waals surface area contributed by atoms with Crippen molar-refractivity contribution in [3.63, 3.8) is 0 Å². The van der Waals surface area contributed by atoms with E-state index < -0.39 is 0 Å². The number of ether oxygens (including phenoxy) is 4. The molecule has 1 N–H and O–H groups in total. The van der Waals surface area contributed by atoms with Crippen molar-refractivity contribution in [3.05, 3.63) is 47.7 Å². The minimum atomic E-state index is -0.268. The summed E-state index contributed by atoms with van der Waals surface area (Å²) in [6.07, 6.45) is 1.67. The summed E-state index contributed by atoms with van der Waals surface area (Å²) >= 11 is 5.37. The lowest BCUT2D eigenvalue weighted by molar-refractivity contribution is -0.113. The number of anilines is 1. The predicted molar refractivity (Wildman–Crippen MR) is 115 cm³/mol. The number of benzene rings is 2. The molecule has 1 amide bonds. The van der Waals surface area contributed by atoms with E-state index in [1.807, 2.05) is 6.92 Å². The van der Waals surface area contributed by atoms with Gasteiger partial charge in [-0.05, 0) is 61.6 Å². The zero-order valence-electron chi connectivity index (χ0n) is 16.6. The first-order valence-electron chi connectivity index (χ1n) is 8.93. The van der Waals surface area contributed by atoms with Gasteiger partial charge in [-0.15, -0.1) is 0 Å². The molecule has 1 aliphatic rings. The van der Waals surface area contributed by atoms with Gasteiger partial charge < -0.3 is 24.3 Å². The molecule has 1 aliphatic heterocycles. The smallest absolute Gasteiger partial charge is 0.281 e. The van der Waals surface area contributed by atoms with Crippen molar-refractivity contribution >= 4 is 35.0 Å². The Morgan fingerprint density at radius 2 is 1.69 bits per heavy atom. The molecule has 0 unspecified atom stereocenters. The summed E-state index contributed by atoms with van der Waals surface area (Å²) in [5, 5.41) is 3.26. The van der Waals surface area contributed by atoms with Crippen LogP contribution in [0, 0.1) is 0 Å². The Bertz CT molecular complexity index is 956. The van der Waals surface area contributed by atoms with Crippen molar-refractivity contribution in [2.45, 2.75) is 6.92 Å². The molecule has 0 aromatic heterocycles. The van der Waals surface area contributed by atoms with Crippen LogP contribution in [0.5, 0.6) is 23.0 Å². The van der Waals surface area contributed by atoms with Crippen molar-refractivity contribution in [3.8, 4) is 23.0 Å². The summed E-state index contributed by atoms with van der Waals surface area (Å²) in [4.78, 5) is 14.4. The molecule has 152 valence electrons. The van der Waals surface area contributed by atoms with Crippen LogP contribution in [-0.4, -0.2) is 39.0 Å². The topological polar surface area (TPSA) is 69.3 Å². The summed E-state index contributed by atoms with van der Waals surface area (Å²) in [6.45, 7) is 2.48. The fourth-order valence-corrected chi connectivity index (χ4v) is 3.32. The molecule has 0 radical (unpaired) electrons. The molecule has 0 spiro atoms. The summed E-state index contributed by atoms with van der Waals surface area (Å²) in [5.41, 5.74) is 1.63. The molecule has 1 saturated heterocycles. The number of carbonyl (C=O) groups is 1. The van der Waals surface area contributed by atoms with Gasteiger partial charge in [-0.2, -0.15) is 0 Å². The highest BCUT2D eigenvalue weighted by Crippen LogP contribution is 2.40.